The van der Waals surface area contributed by atoms with Gasteiger partial charge in [-0.3, -0.25) is 5.10 Å². The normalized spacial score (nSPS) is 10.8. The molecule has 4 aromatic rings. The Morgan fingerprint density at radius 1 is 1.00 bits per heavy atom. The average molecular weight is 429 g/mol. The molecule has 0 atom stereocenters. The van der Waals surface area contributed by atoms with Crippen LogP contribution in [0.1, 0.15) is 5.82 Å². The highest BCUT2D eigenvalue weighted by molar-refractivity contribution is 7.98. The minimum absolute atomic E-state index is 0.0806. The van der Waals surface area contributed by atoms with Crippen LogP contribution in [0.2, 0.25) is 5.02 Å². The molecule has 0 spiro atoms. The maximum absolute atomic E-state index is 13.0. The third-order valence-electron chi connectivity index (χ3n) is 3.71. The van der Waals surface area contributed by atoms with E-state index >= 15 is 0 Å². The highest BCUT2D eigenvalue weighted by atomic mass is 35.5. The van der Waals surface area contributed by atoms with Crippen molar-refractivity contribution in [3.63, 3.8) is 0 Å². The molecule has 0 amide bonds. The molecule has 11 heteroatoms. The maximum atomic E-state index is 13.0. The molecule has 4 N–H and O–H groups in total. The molecule has 0 fully saturated rings. The largest absolute Gasteiger partial charge is 0.368 e. The number of rotatable bonds is 6. The van der Waals surface area contributed by atoms with Gasteiger partial charge in [0, 0.05) is 16.3 Å². The van der Waals surface area contributed by atoms with Gasteiger partial charge in [0.15, 0.2) is 5.82 Å². The van der Waals surface area contributed by atoms with Crippen LogP contribution in [0.25, 0.3) is 11.4 Å². The molecule has 0 aliphatic carbocycles. The topological polar surface area (TPSA) is 118 Å². The summed E-state index contributed by atoms with van der Waals surface area (Å²) in [6.45, 7) is 0. The summed E-state index contributed by atoms with van der Waals surface area (Å²) in [6, 6.07) is 13.1. The van der Waals surface area contributed by atoms with Crippen LogP contribution < -0.4 is 11.1 Å². The third kappa shape index (κ3) is 4.98. The van der Waals surface area contributed by atoms with Gasteiger partial charge in [-0.25, -0.2) is 9.37 Å². The molecule has 0 aliphatic heterocycles. The summed E-state index contributed by atoms with van der Waals surface area (Å²) in [5.74, 6) is 1.52. The molecular weight excluding hydrogens is 415 g/mol. The number of hydrogen-bond donors (Lipinski definition) is 3. The van der Waals surface area contributed by atoms with Crippen molar-refractivity contribution in [2.45, 2.75) is 10.9 Å². The van der Waals surface area contributed by atoms with Crippen molar-refractivity contribution in [2.75, 3.05) is 11.1 Å². The van der Waals surface area contributed by atoms with Gasteiger partial charge in [-0.15, -0.1) is 5.10 Å². The molecule has 0 unspecified atom stereocenters. The fraction of sp³-hybridized carbons (Fsp3) is 0.0556. The Balaban J connectivity index is 1.44. The highest BCUT2D eigenvalue weighted by Gasteiger charge is 2.10. The smallest absolute Gasteiger partial charge is 0.232 e. The molecule has 0 aliphatic rings. The standard InChI is InChI=1S/C18H14ClFN8S/c19-11-3-1-10(2-4-11)15-25-18(28-27-15)29-9-14-23-16(21)26-17(24-14)22-13-7-5-12(20)6-8-13/h1-8H,9H2,(H,25,27,28)(H3,21,22,23,24,26). The number of benzene rings is 2. The molecule has 2 heterocycles. The van der Waals surface area contributed by atoms with Crippen molar-refractivity contribution in [3.8, 4) is 11.4 Å². The lowest BCUT2D eigenvalue weighted by molar-refractivity contribution is 0.628. The maximum Gasteiger partial charge on any atom is 0.232 e. The molecular formula is C18H14ClFN8S. The molecule has 0 radical (unpaired) electrons. The zero-order valence-electron chi connectivity index (χ0n) is 14.8. The number of nitrogens with two attached hydrogens (primary N) is 1. The minimum atomic E-state index is -0.327. The average Bonchev–Trinajstić information content (AvgIpc) is 3.17. The van der Waals surface area contributed by atoms with E-state index in [0.717, 1.165) is 5.56 Å². The summed E-state index contributed by atoms with van der Waals surface area (Å²) < 4.78 is 13.0. The van der Waals surface area contributed by atoms with Crippen LogP contribution in [-0.4, -0.2) is 30.1 Å². The van der Waals surface area contributed by atoms with E-state index in [2.05, 4.69) is 35.5 Å². The Labute approximate surface area is 174 Å². The van der Waals surface area contributed by atoms with Crippen LogP contribution in [0, 0.1) is 5.82 Å². The van der Waals surface area contributed by atoms with Crippen LogP contribution >= 0.6 is 23.4 Å². The van der Waals surface area contributed by atoms with Gasteiger partial charge in [0.2, 0.25) is 17.1 Å². The van der Waals surface area contributed by atoms with Gasteiger partial charge in [-0.05, 0) is 48.5 Å². The molecule has 4 rings (SSSR count). The van der Waals surface area contributed by atoms with E-state index in [0.29, 0.717) is 33.3 Å². The summed E-state index contributed by atoms with van der Waals surface area (Å²) >= 11 is 7.26. The zero-order valence-corrected chi connectivity index (χ0v) is 16.4. The first-order chi connectivity index (χ1) is 14.0. The predicted molar refractivity (Wildman–Crippen MR) is 110 cm³/mol. The molecule has 0 saturated heterocycles. The number of hydrogen-bond acceptors (Lipinski definition) is 8. The number of nitrogens with one attached hydrogen (secondary N) is 2. The van der Waals surface area contributed by atoms with Crippen LogP contribution in [0.4, 0.5) is 22.0 Å². The molecule has 146 valence electrons. The number of nitrogens with zero attached hydrogens (tertiary/aromatic N) is 5. The zero-order chi connectivity index (χ0) is 20.2. The van der Waals surface area contributed by atoms with E-state index in [1.54, 1.807) is 24.3 Å². The number of nitrogen functional groups attached to an aromatic ring is 1. The van der Waals surface area contributed by atoms with Gasteiger partial charge in [-0.1, -0.05) is 23.4 Å². The summed E-state index contributed by atoms with van der Waals surface area (Å²) in [7, 11) is 0. The van der Waals surface area contributed by atoms with Crippen LogP contribution in [0.3, 0.4) is 0 Å². The second kappa shape index (κ2) is 8.41. The van der Waals surface area contributed by atoms with E-state index in [1.807, 2.05) is 12.1 Å². The first kappa shape index (κ1) is 19.1. The summed E-state index contributed by atoms with van der Waals surface area (Å²) in [5, 5.41) is 11.3. The Hall–Kier alpha value is -3.24. The second-order valence-corrected chi connectivity index (χ2v) is 7.21. The Kier molecular flexibility index (Phi) is 5.54. The molecule has 29 heavy (non-hydrogen) atoms. The summed E-state index contributed by atoms with van der Waals surface area (Å²) in [5.41, 5.74) is 7.29. The fourth-order valence-corrected chi connectivity index (χ4v) is 3.18. The Morgan fingerprint density at radius 3 is 2.52 bits per heavy atom. The lowest BCUT2D eigenvalue weighted by Crippen LogP contribution is -2.06. The van der Waals surface area contributed by atoms with E-state index in [4.69, 9.17) is 17.3 Å². The van der Waals surface area contributed by atoms with Crippen molar-refractivity contribution in [2.24, 2.45) is 0 Å². The second-order valence-electron chi connectivity index (χ2n) is 5.83. The van der Waals surface area contributed by atoms with Gasteiger partial charge in [0.05, 0.1) is 5.75 Å². The van der Waals surface area contributed by atoms with E-state index in [9.17, 15) is 4.39 Å². The van der Waals surface area contributed by atoms with Crippen molar-refractivity contribution >= 4 is 40.9 Å². The molecule has 2 aromatic carbocycles. The number of H-pyrrole nitrogens is 1. The molecule has 2 aromatic heterocycles. The molecule has 0 saturated carbocycles. The monoisotopic (exact) mass is 428 g/mol. The lowest BCUT2D eigenvalue weighted by atomic mass is 10.2. The lowest BCUT2D eigenvalue weighted by Gasteiger charge is -2.06. The van der Waals surface area contributed by atoms with Crippen molar-refractivity contribution in [1.29, 1.82) is 0 Å². The van der Waals surface area contributed by atoms with Gasteiger partial charge in [0.1, 0.15) is 11.6 Å². The van der Waals surface area contributed by atoms with E-state index in [-0.39, 0.29) is 17.7 Å². The SMILES string of the molecule is Nc1nc(CSc2n[nH]c(-c3ccc(Cl)cc3)n2)nc(Nc2ccc(F)cc2)n1. The van der Waals surface area contributed by atoms with E-state index in [1.165, 1.54) is 23.9 Å². The quantitative estimate of drug-likeness (QED) is 0.393. The number of thioether (sulfide) groups is 1. The first-order valence-electron chi connectivity index (χ1n) is 8.39. The van der Waals surface area contributed by atoms with E-state index < -0.39 is 0 Å². The van der Waals surface area contributed by atoms with Crippen LogP contribution in [-0.2, 0) is 5.75 Å². The molecule has 0 bridgehead atoms. The minimum Gasteiger partial charge on any atom is -0.368 e. The van der Waals surface area contributed by atoms with Crippen molar-refractivity contribution in [3.05, 3.63) is 65.2 Å². The van der Waals surface area contributed by atoms with Crippen LogP contribution in [0.15, 0.2) is 53.7 Å². The Morgan fingerprint density at radius 2 is 1.76 bits per heavy atom. The molecule has 8 nitrogen and oxygen atoms in total. The van der Waals surface area contributed by atoms with Gasteiger partial charge < -0.3 is 11.1 Å². The van der Waals surface area contributed by atoms with Gasteiger partial charge >= 0.3 is 0 Å². The highest BCUT2D eigenvalue weighted by Crippen LogP contribution is 2.23. The van der Waals surface area contributed by atoms with Crippen LogP contribution in [0.5, 0.6) is 0 Å². The Bertz CT molecular complexity index is 1120. The summed E-state index contributed by atoms with van der Waals surface area (Å²) in [6.07, 6.45) is 0. The van der Waals surface area contributed by atoms with Crippen molar-refractivity contribution < 1.29 is 4.39 Å². The van der Waals surface area contributed by atoms with Crippen molar-refractivity contribution in [1.82, 2.24) is 30.1 Å². The third-order valence-corrected chi connectivity index (χ3v) is 4.81. The summed E-state index contributed by atoms with van der Waals surface area (Å²) in [4.78, 5) is 17.0. The van der Waals surface area contributed by atoms with Gasteiger partial charge in [-0.2, -0.15) is 15.0 Å². The number of aromatic amines is 1. The first-order valence-corrected chi connectivity index (χ1v) is 9.76. The predicted octanol–water partition coefficient (Wildman–Crippen LogP) is 4.07. The fourth-order valence-electron chi connectivity index (χ4n) is 2.40. The van der Waals surface area contributed by atoms with Gasteiger partial charge in [0.25, 0.3) is 0 Å². The number of anilines is 3. The number of halogens is 2. The number of aromatic nitrogens is 6.